The molecule has 1 fully saturated rings. The van der Waals surface area contributed by atoms with Gasteiger partial charge in [-0.05, 0) is 19.0 Å². The summed E-state index contributed by atoms with van der Waals surface area (Å²) in [7, 11) is 3.44. The number of likely N-dealkylation sites (N-methyl/N-ethyl adjacent to an activating group) is 1. The van der Waals surface area contributed by atoms with Crippen molar-refractivity contribution in [1.82, 2.24) is 4.90 Å². The quantitative estimate of drug-likeness (QED) is 0.406. The molecule has 1 rings (SSSR count). The zero-order chi connectivity index (χ0) is 8.27. The molecule has 0 atom stereocenters. The minimum atomic E-state index is -0.240. The lowest BCUT2D eigenvalue weighted by molar-refractivity contribution is -0.134. The fourth-order valence-electron chi connectivity index (χ4n) is 1.18. The Labute approximate surface area is 66.6 Å². The normalized spacial score (nSPS) is 22.5. The fourth-order valence-corrected chi connectivity index (χ4v) is 1.18. The van der Waals surface area contributed by atoms with Gasteiger partial charge in [0.15, 0.2) is 0 Å². The van der Waals surface area contributed by atoms with Crippen LogP contribution >= 0.6 is 0 Å². The highest BCUT2D eigenvalue weighted by Gasteiger charge is 2.12. The standard InChI is InChI=1S/C8H13NO2/c1-9-4-3-7(6-9)5-8(10)11-2/h5H,3-4,6H2,1-2H3/b7-5+. The molecule has 0 aromatic heterocycles. The van der Waals surface area contributed by atoms with Gasteiger partial charge in [0.2, 0.25) is 0 Å². The van der Waals surface area contributed by atoms with E-state index < -0.39 is 0 Å². The number of nitrogens with zero attached hydrogens (tertiary/aromatic N) is 1. The van der Waals surface area contributed by atoms with E-state index in [1.54, 1.807) is 6.08 Å². The Hall–Kier alpha value is -0.830. The summed E-state index contributed by atoms with van der Waals surface area (Å²) in [6.07, 6.45) is 2.58. The lowest BCUT2D eigenvalue weighted by Gasteiger charge is -2.02. The number of carbonyl (C=O) groups is 1. The van der Waals surface area contributed by atoms with Crippen LogP contribution in [0.5, 0.6) is 0 Å². The molecule has 0 aliphatic carbocycles. The van der Waals surface area contributed by atoms with E-state index in [-0.39, 0.29) is 5.97 Å². The van der Waals surface area contributed by atoms with Crippen LogP contribution in [0.3, 0.4) is 0 Å². The summed E-state index contributed by atoms with van der Waals surface area (Å²) in [6, 6.07) is 0. The van der Waals surface area contributed by atoms with Gasteiger partial charge in [-0.15, -0.1) is 0 Å². The van der Waals surface area contributed by atoms with Gasteiger partial charge in [-0.2, -0.15) is 0 Å². The maximum Gasteiger partial charge on any atom is 0.330 e. The summed E-state index contributed by atoms with van der Waals surface area (Å²) in [6.45, 7) is 1.94. The number of likely N-dealkylation sites (tertiary alicyclic amines) is 1. The van der Waals surface area contributed by atoms with E-state index in [4.69, 9.17) is 0 Å². The predicted octanol–water partition coefficient (Wildman–Crippen LogP) is 0.421. The third-order valence-corrected chi connectivity index (χ3v) is 1.81. The third kappa shape index (κ3) is 2.35. The minimum absolute atomic E-state index is 0.240. The van der Waals surface area contributed by atoms with Crippen LogP contribution in [0.25, 0.3) is 0 Å². The first kappa shape index (κ1) is 8.27. The van der Waals surface area contributed by atoms with Crippen molar-refractivity contribution in [2.45, 2.75) is 6.42 Å². The van der Waals surface area contributed by atoms with E-state index in [1.807, 2.05) is 7.05 Å². The van der Waals surface area contributed by atoms with Crippen molar-refractivity contribution < 1.29 is 9.53 Å². The van der Waals surface area contributed by atoms with E-state index in [1.165, 1.54) is 12.7 Å². The Morgan fingerprint density at radius 2 is 2.45 bits per heavy atom. The van der Waals surface area contributed by atoms with Crippen molar-refractivity contribution in [2.24, 2.45) is 0 Å². The molecule has 0 amide bonds. The van der Waals surface area contributed by atoms with Gasteiger partial charge < -0.3 is 9.64 Å². The molecule has 0 radical (unpaired) electrons. The van der Waals surface area contributed by atoms with Crippen LogP contribution in [-0.4, -0.2) is 38.1 Å². The predicted molar refractivity (Wildman–Crippen MR) is 42.2 cm³/mol. The second kappa shape index (κ2) is 3.53. The van der Waals surface area contributed by atoms with Crippen LogP contribution in [0.1, 0.15) is 6.42 Å². The number of hydrogen-bond donors (Lipinski definition) is 0. The Morgan fingerprint density at radius 1 is 1.73 bits per heavy atom. The van der Waals surface area contributed by atoms with Gasteiger partial charge in [-0.3, -0.25) is 0 Å². The van der Waals surface area contributed by atoms with Gasteiger partial charge in [0.1, 0.15) is 0 Å². The molecule has 3 heteroatoms. The molecule has 1 saturated heterocycles. The summed E-state index contributed by atoms with van der Waals surface area (Å²) in [5, 5.41) is 0. The molecule has 0 N–H and O–H groups in total. The molecule has 62 valence electrons. The lowest BCUT2D eigenvalue weighted by Crippen LogP contribution is -2.11. The molecular formula is C8H13NO2. The molecule has 0 saturated carbocycles. The summed E-state index contributed by atoms with van der Waals surface area (Å²) in [5.74, 6) is -0.240. The number of rotatable bonds is 1. The number of carbonyl (C=O) groups excluding carboxylic acids is 1. The molecule has 3 nitrogen and oxygen atoms in total. The zero-order valence-corrected chi connectivity index (χ0v) is 6.96. The summed E-state index contributed by atoms with van der Waals surface area (Å²) in [5.41, 5.74) is 1.17. The van der Waals surface area contributed by atoms with Crippen LogP contribution in [0.4, 0.5) is 0 Å². The molecule has 11 heavy (non-hydrogen) atoms. The van der Waals surface area contributed by atoms with Crippen molar-refractivity contribution in [3.8, 4) is 0 Å². The SMILES string of the molecule is COC(=O)/C=C1\CCN(C)C1. The summed E-state index contributed by atoms with van der Waals surface area (Å²) in [4.78, 5) is 12.9. The first-order chi connectivity index (χ1) is 5.22. The van der Waals surface area contributed by atoms with E-state index in [0.717, 1.165) is 19.5 Å². The van der Waals surface area contributed by atoms with Gasteiger partial charge in [0, 0.05) is 19.2 Å². The van der Waals surface area contributed by atoms with Crippen LogP contribution in [0.2, 0.25) is 0 Å². The summed E-state index contributed by atoms with van der Waals surface area (Å²) < 4.78 is 4.51. The summed E-state index contributed by atoms with van der Waals surface area (Å²) >= 11 is 0. The Balaban J connectivity index is 2.48. The van der Waals surface area contributed by atoms with Crippen LogP contribution in [0, 0.1) is 0 Å². The number of esters is 1. The van der Waals surface area contributed by atoms with E-state index >= 15 is 0 Å². The number of hydrogen-bond acceptors (Lipinski definition) is 3. The Morgan fingerprint density at radius 3 is 2.91 bits per heavy atom. The second-order valence-corrected chi connectivity index (χ2v) is 2.81. The van der Waals surface area contributed by atoms with E-state index in [0.29, 0.717) is 0 Å². The molecule has 0 aromatic rings. The van der Waals surface area contributed by atoms with Crippen molar-refractivity contribution in [3.63, 3.8) is 0 Å². The molecular weight excluding hydrogens is 142 g/mol. The monoisotopic (exact) mass is 155 g/mol. The maximum atomic E-state index is 10.8. The molecule has 1 aliphatic rings. The highest BCUT2D eigenvalue weighted by molar-refractivity contribution is 5.82. The van der Waals surface area contributed by atoms with Gasteiger partial charge in [-0.1, -0.05) is 0 Å². The number of methoxy groups -OCH3 is 1. The Bertz CT molecular complexity index is 187. The van der Waals surface area contributed by atoms with Crippen molar-refractivity contribution in [1.29, 1.82) is 0 Å². The maximum absolute atomic E-state index is 10.8. The number of ether oxygens (including phenoxy) is 1. The van der Waals surface area contributed by atoms with Gasteiger partial charge in [0.25, 0.3) is 0 Å². The smallest absolute Gasteiger partial charge is 0.330 e. The molecule has 0 spiro atoms. The zero-order valence-electron chi connectivity index (χ0n) is 6.96. The van der Waals surface area contributed by atoms with Crippen molar-refractivity contribution in [2.75, 3.05) is 27.2 Å². The lowest BCUT2D eigenvalue weighted by atomic mass is 10.2. The van der Waals surface area contributed by atoms with Gasteiger partial charge in [-0.25, -0.2) is 4.79 Å². The van der Waals surface area contributed by atoms with Crippen molar-refractivity contribution >= 4 is 5.97 Å². The first-order valence-electron chi connectivity index (χ1n) is 3.68. The average molecular weight is 155 g/mol. The second-order valence-electron chi connectivity index (χ2n) is 2.81. The van der Waals surface area contributed by atoms with Gasteiger partial charge >= 0.3 is 5.97 Å². The fraction of sp³-hybridized carbons (Fsp3) is 0.625. The molecule has 0 unspecified atom stereocenters. The Kier molecular flexibility index (Phi) is 2.65. The van der Waals surface area contributed by atoms with Crippen LogP contribution < -0.4 is 0 Å². The third-order valence-electron chi connectivity index (χ3n) is 1.81. The molecule has 1 heterocycles. The molecule has 1 aliphatic heterocycles. The largest absolute Gasteiger partial charge is 0.466 e. The van der Waals surface area contributed by atoms with E-state index in [9.17, 15) is 4.79 Å². The highest BCUT2D eigenvalue weighted by Crippen LogP contribution is 2.12. The van der Waals surface area contributed by atoms with Crippen LogP contribution in [-0.2, 0) is 9.53 Å². The van der Waals surface area contributed by atoms with Crippen molar-refractivity contribution in [3.05, 3.63) is 11.6 Å². The minimum Gasteiger partial charge on any atom is -0.466 e. The highest BCUT2D eigenvalue weighted by atomic mass is 16.5. The first-order valence-corrected chi connectivity index (χ1v) is 3.68. The van der Waals surface area contributed by atoms with Crippen LogP contribution in [0.15, 0.2) is 11.6 Å². The van der Waals surface area contributed by atoms with E-state index in [2.05, 4.69) is 9.64 Å². The molecule has 0 aromatic carbocycles. The topological polar surface area (TPSA) is 29.5 Å². The molecule has 0 bridgehead atoms. The van der Waals surface area contributed by atoms with Gasteiger partial charge in [0.05, 0.1) is 7.11 Å². The average Bonchev–Trinajstić information content (AvgIpc) is 2.35.